The van der Waals surface area contributed by atoms with Crippen LogP contribution in [0, 0.1) is 5.92 Å². The van der Waals surface area contributed by atoms with Crippen molar-refractivity contribution < 1.29 is 19.4 Å². The van der Waals surface area contributed by atoms with Crippen molar-refractivity contribution in [2.24, 2.45) is 5.92 Å². The van der Waals surface area contributed by atoms with E-state index in [0.29, 0.717) is 6.54 Å². The fourth-order valence-corrected chi connectivity index (χ4v) is 4.10. The Labute approximate surface area is 165 Å². The van der Waals surface area contributed by atoms with E-state index in [-0.39, 0.29) is 42.9 Å². The molecular formula is C22H28N2O4. The van der Waals surface area contributed by atoms with Crippen LogP contribution in [0.25, 0.3) is 0 Å². The van der Waals surface area contributed by atoms with E-state index in [1.165, 1.54) is 11.1 Å². The number of aliphatic hydroxyl groups excluding tert-OH is 1. The summed E-state index contributed by atoms with van der Waals surface area (Å²) < 4.78 is 5.91. The standard InChI is InChI=1S/C22H28N2O4/c25-14-20-19(23-22(27)16-6-3-7-16)9-8-18(28-20)12-21(26)24-11-10-15-4-1-2-5-17(15)13-24/h1-2,4-5,8-9,16,18-20,25H,3,6-7,10-14H2,(H,23,27)/t18-,19-,20+/m0/s1. The van der Waals surface area contributed by atoms with Gasteiger partial charge in [0.1, 0.15) is 6.10 Å². The fraction of sp³-hybridized carbons (Fsp3) is 0.545. The van der Waals surface area contributed by atoms with Crippen LogP contribution in [0.3, 0.4) is 0 Å². The highest BCUT2D eigenvalue weighted by atomic mass is 16.5. The fourth-order valence-electron chi connectivity index (χ4n) is 4.10. The topological polar surface area (TPSA) is 78.9 Å². The SMILES string of the molecule is O=C(N[C@H]1C=C[C@@H](CC(=O)N2CCc3ccccc3C2)O[C@@H]1CO)C1CCC1. The molecule has 2 heterocycles. The summed E-state index contributed by atoms with van der Waals surface area (Å²) in [5, 5.41) is 12.7. The first-order chi connectivity index (χ1) is 13.6. The molecule has 3 aliphatic rings. The minimum absolute atomic E-state index is 0.0319. The molecule has 6 nitrogen and oxygen atoms in total. The Bertz CT molecular complexity index is 759. The number of amides is 2. The normalized spacial score (nSPS) is 27.0. The number of benzene rings is 1. The third-order valence-corrected chi connectivity index (χ3v) is 6.11. The maximum atomic E-state index is 12.7. The summed E-state index contributed by atoms with van der Waals surface area (Å²) in [5.74, 6) is 0.177. The summed E-state index contributed by atoms with van der Waals surface area (Å²) in [7, 11) is 0. The highest BCUT2D eigenvalue weighted by Crippen LogP contribution is 2.27. The van der Waals surface area contributed by atoms with Crippen LogP contribution in [0.5, 0.6) is 0 Å². The number of fused-ring (bicyclic) bond motifs is 1. The van der Waals surface area contributed by atoms with Gasteiger partial charge >= 0.3 is 0 Å². The zero-order valence-corrected chi connectivity index (χ0v) is 16.0. The van der Waals surface area contributed by atoms with Crippen molar-refractivity contribution in [3.63, 3.8) is 0 Å². The zero-order chi connectivity index (χ0) is 19.5. The largest absolute Gasteiger partial charge is 0.394 e. The van der Waals surface area contributed by atoms with Gasteiger partial charge in [-0.25, -0.2) is 0 Å². The van der Waals surface area contributed by atoms with Crippen LogP contribution < -0.4 is 5.32 Å². The highest BCUT2D eigenvalue weighted by molar-refractivity contribution is 5.80. The predicted octanol–water partition coefficient (Wildman–Crippen LogP) is 1.56. The first-order valence-corrected chi connectivity index (χ1v) is 10.2. The van der Waals surface area contributed by atoms with Gasteiger partial charge in [0.15, 0.2) is 0 Å². The summed E-state index contributed by atoms with van der Waals surface area (Å²) in [6, 6.07) is 7.89. The molecule has 4 rings (SSSR count). The Morgan fingerprint density at radius 2 is 1.96 bits per heavy atom. The Morgan fingerprint density at radius 3 is 2.68 bits per heavy atom. The lowest BCUT2D eigenvalue weighted by Crippen LogP contribution is -2.51. The number of nitrogens with one attached hydrogen (secondary N) is 1. The second kappa shape index (κ2) is 8.45. The van der Waals surface area contributed by atoms with Crippen LogP contribution >= 0.6 is 0 Å². The van der Waals surface area contributed by atoms with Crippen LogP contribution in [0.2, 0.25) is 0 Å². The van der Waals surface area contributed by atoms with Crippen LogP contribution in [0.4, 0.5) is 0 Å². The van der Waals surface area contributed by atoms with Gasteiger partial charge in [-0.2, -0.15) is 0 Å². The number of nitrogens with zero attached hydrogens (tertiary/aromatic N) is 1. The summed E-state index contributed by atoms with van der Waals surface area (Å²) in [5.41, 5.74) is 2.51. The van der Waals surface area contributed by atoms with E-state index in [1.54, 1.807) is 0 Å². The van der Waals surface area contributed by atoms with Crippen LogP contribution in [-0.4, -0.2) is 53.2 Å². The van der Waals surface area contributed by atoms with Crippen molar-refractivity contribution in [1.29, 1.82) is 0 Å². The molecule has 2 amide bonds. The molecule has 3 atom stereocenters. The van der Waals surface area contributed by atoms with Crippen LogP contribution in [-0.2, 0) is 27.3 Å². The van der Waals surface area contributed by atoms with E-state index >= 15 is 0 Å². The molecule has 28 heavy (non-hydrogen) atoms. The van der Waals surface area contributed by atoms with Gasteiger partial charge in [0, 0.05) is 19.0 Å². The summed E-state index contributed by atoms with van der Waals surface area (Å²) in [6.45, 7) is 1.16. The van der Waals surface area contributed by atoms with Crippen molar-refractivity contribution in [2.45, 2.75) is 56.9 Å². The average molecular weight is 384 g/mol. The Kier molecular flexibility index (Phi) is 5.78. The lowest BCUT2D eigenvalue weighted by molar-refractivity contribution is -0.138. The van der Waals surface area contributed by atoms with Crippen LogP contribution in [0.15, 0.2) is 36.4 Å². The number of carbonyl (C=O) groups excluding carboxylic acids is 2. The molecule has 1 aromatic carbocycles. The minimum atomic E-state index is -0.520. The number of rotatable bonds is 5. The van der Waals surface area contributed by atoms with Crippen LogP contribution in [0.1, 0.15) is 36.8 Å². The lowest BCUT2D eigenvalue weighted by Gasteiger charge is -2.35. The van der Waals surface area contributed by atoms with Gasteiger partial charge in [-0.15, -0.1) is 0 Å². The maximum absolute atomic E-state index is 12.7. The first kappa shape index (κ1) is 19.2. The van der Waals surface area contributed by atoms with E-state index in [9.17, 15) is 14.7 Å². The summed E-state index contributed by atoms with van der Waals surface area (Å²) in [6.07, 6.45) is 6.90. The zero-order valence-electron chi connectivity index (χ0n) is 16.0. The van der Waals surface area contributed by atoms with E-state index < -0.39 is 6.10 Å². The molecule has 0 saturated heterocycles. The van der Waals surface area contributed by atoms with Crippen molar-refractivity contribution in [3.8, 4) is 0 Å². The molecule has 0 radical (unpaired) electrons. The van der Waals surface area contributed by atoms with Gasteiger partial charge in [-0.3, -0.25) is 9.59 Å². The van der Waals surface area contributed by atoms with Gasteiger partial charge in [0.05, 0.1) is 25.2 Å². The molecule has 1 saturated carbocycles. The number of hydrogen-bond donors (Lipinski definition) is 2. The maximum Gasteiger partial charge on any atom is 0.225 e. The number of carbonyl (C=O) groups is 2. The molecule has 6 heteroatoms. The van der Waals surface area contributed by atoms with Gasteiger partial charge in [-0.1, -0.05) is 42.8 Å². The Balaban J connectivity index is 1.33. The van der Waals surface area contributed by atoms with E-state index in [1.807, 2.05) is 29.2 Å². The number of ether oxygens (including phenoxy) is 1. The average Bonchev–Trinajstić information content (AvgIpc) is 2.67. The smallest absolute Gasteiger partial charge is 0.225 e. The van der Waals surface area contributed by atoms with E-state index in [4.69, 9.17) is 4.74 Å². The highest BCUT2D eigenvalue weighted by Gasteiger charge is 2.33. The molecule has 2 N–H and O–H groups in total. The van der Waals surface area contributed by atoms with E-state index in [0.717, 1.165) is 32.2 Å². The van der Waals surface area contributed by atoms with Gasteiger partial charge in [0.2, 0.25) is 11.8 Å². The molecule has 0 spiro atoms. The van der Waals surface area contributed by atoms with Crippen molar-refractivity contribution in [1.82, 2.24) is 10.2 Å². The summed E-state index contributed by atoms with van der Waals surface area (Å²) >= 11 is 0. The van der Waals surface area contributed by atoms with Crippen molar-refractivity contribution in [2.75, 3.05) is 13.2 Å². The molecule has 2 aliphatic heterocycles. The van der Waals surface area contributed by atoms with Gasteiger partial charge in [-0.05, 0) is 30.4 Å². The second-order valence-electron chi connectivity index (χ2n) is 7.98. The minimum Gasteiger partial charge on any atom is -0.394 e. The molecule has 1 aromatic rings. The lowest BCUT2D eigenvalue weighted by atomic mass is 9.84. The molecule has 0 bridgehead atoms. The van der Waals surface area contributed by atoms with Crippen molar-refractivity contribution >= 4 is 11.8 Å². The third-order valence-electron chi connectivity index (χ3n) is 6.11. The predicted molar refractivity (Wildman–Crippen MR) is 104 cm³/mol. The first-order valence-electron chi connectivity index (χ1n) is 10.2. The molecule has 1 fully saturated rings. The Morgan fingerprint density at radius 1 is 1.18 bits per heavy atom. The second-order valence-corrected chi connectivity index (χ2v) is 7.98. The molecular weight excluding hydrogens is 356 g/mol. The number of aliphatic hydroxyl groups is 1. The molecule has 150 valence electrons. The molecule has 0 aromatic heterocycles. The molecule has 0 unspecified atom stereocenters. The van der Waals surface area contributed by atoms with Gasteiger partial charge in [0.25, 0.3) is 0 Å². The third kappa shape index (κ3) is 4.13. The number of hydrogen-bond acceptors (Lipinski definition) is 4. The monoisotopic (exact) mass is 384 g/mol. The summed E-state index contributed by atoms with van der Waals surface area (Å²) in [4.78, 5) is 26.8. The Hall–Kier alpha value is -2.18. The molecule has 1 aliphatic carbocycles. The van der Waals surface area contributed by atoms with E-state index in [2.05, 4.69) is 17.4 Å². The quantitative estimate of drug-likeness (QED) is 0.756. The van der Waals surface area contributed by atoms with Crippen molar-refractivity contribution in [3.05, 3.63) is 47.5 Å². The van der Waals surface area contributed by atoms with Gasteiger partial charge < -0.3 is 20.1 Å².